The Bertz CT molecular complexity index is 780. The molecule has 4 fully saturated rings. The molecule has 4 saturated carbocycles. The molecule has 0 saturated heterocycles. The van der Waals surface area contributed by atoms with Crippen molar-refractivity contribution in [2.45, 2.75) is 58.5 Å². The Morgan fingerprint density at radius 3 is 2.22 bits per heavy atom. The van der Waals surface area contributed by atoms with Crippen LogP contribution >= 0.6 is 0 Å². The number of ether oxygens (including phenoxy) is 1. The Kier molecular flexibility index (Phi) is 4.32. The highest BCUT2D eigenvalue weighted by atomic mass is 16.6. The van der Waals surface area contributed by atoms with Crippen LogP contribution in [-0.2, 0) is 9.53 Å². The number of ketones is 1. The van der Waals surface area contributed by atoms with Crippen molar-refractivity contribution in [3.63, 3.8) is 0 Å². The predicted molar refractivity (Wildman–Crippen MR) is 98.3 cm³/mol. The van der Waals surface area contributed by atoms with Crippen molar-refractivity contribution >= 4 is 17.4 Å². The van der Waals surface area contributed by atoms with Crippen molar-refractivity contribution in [1.82, 2.24) is 0 Å². The second-order valence-corrected chi connectivity index (χ2v) is 8.87. The summed E-state index contributed by atoms with van der Waals surface area (Å²) in [5.74, 6) is 1.29. The van der Waals surface area contributed by atoms with Crippen LogP contribution in [0.2, 0.25) is 0 Å². The third-order valence-corrected chi connectivity index (χ3v) is 6.86. The Morgan fingerprint density at radius 2 is 1.70 bits per heavy atom. The van der Waals surface area contributed by atoms with Crippen LogP contribution in [-0.4, -0.2) is 22.8 Å². The summed E-state index contributed by atoms with van der Waals surface area (Å²) in [5, 5.41) is 11.1. The Balaban J connectivity index is 1.48. The Morgan fingerprint density at radius 1 is 1.15 bits per heavy atom. The average Bonchev–Trinajstić information content (AvgIpc) is 2.59. The van der Waals surface area contributed by atoms with E-state index in [9.17, 15) is 19.7 Å². The molecule has 27 heavy (non-hydrogen) atoms. The zero-order valence-corrected chi connectivity index (χ0v) is 15.8. The number of esters is 1. The third-order valence-electron chi connectivity index (χ3n) is 6.86. The summed E-state index contributed by atoms with van der Waals surface area (Å²) in [6, 6.07) is 4.26. The number of carbonyl (C=O) groups is 2. The molecule has 4 bridgehead atoms. The summed E-state index contributed by atoms with van der Waals surface area (Å²) < 4.78 is 5.45. The monoisotopic (exact) mass is 371 g/mol. The highest BCUT2D eigenvalue weighted by Gasteiger charge is 2.55. The fourth-order valence-corrected chi connectivity index (χ4v) is 6.06. The quantitative estimate of drug-likeness (QED) is 0.439. The van der Waals surface area contributed by atoms with Gasteiger partial charge in [-0.1, -0.05) is 6.07 Å². The second-order valence-electron chi connectivity index (χ2n) is 8.87. The SMILES string of the molecule is Cc1ccc(C(=O)OC(C)C(=O)C23CC4CC(CC(C4)C2)C3)cc1[N+](=O)[O-]. The van der Waals surface area contributed by atoms with Gasteiger partial charge in [0.2, 0.25) is 0 Å². The van der Waals surface area contributed by atoms with E-state index in [4.69, 9.17) is 4.74 Å². The smallest absolute Gasteiger partial charge is 0.339 e. The lowest BCUT2D eigenvalue weighted by molar-refractivity contribution is -0.385. The van der Waals surface area contributed by atoms with Gasteiger partial charge >= 0.3 is 5.97 Å². The minimum absolute atomic E-state index is 0.0385. The van der Waals surface area contributed by atoms with E-state index in [-0.39, 0.29) is 22.4 Å². The molecule has 0 radical (unpaired) electrons. The highest BCUT2D eigenvalue weighted by Crippen LogP contribution is 2.60. The lowest BCUT2D eigenvalue weighted by Gasteiger charge is -2.56. The number of carbonyl (C=O) groups excluding carboxylic acids is 2. The largest absolute Gasteiger partial charge is 0.451 e. The molecule has 6 heteroatoms. The molecule has 1 atom stereocenters. The molecular formula is C21H25NO5. The maximum absolute atomic E-state index is 13.2. The normalized spacial score (nSPS) is 32.1. The van der Waals surface area contributed by atoms with E-state index in [1.807, 2.05) is 0 Å². The van der Waals surface area contributed by atoms with E-state index in [0.717, 1.165) is 19.3 Å². The first-order chi connectivity index (χ1) is 12.8. The van der Waals surface area contributed by atoms with E-state index in [2.05, 4.69) is 0 Å². The van der Waals surface area contributed by atoms with Gasteiger partial charge < -0.3 is 4.74 Å². The number of hydrogen-bond acceptors (Lipinski definition) is 5. The summed E-state index contributed by atoms with van der Waals surface area (Å²) in [7, 11) is 0. The fraction of sp³-hybridized carbons (Fsp3) is 0.619. The van der Waals surface area contributed by atoms with Crippen molar-refractivity contribution in [3.05, 3.63) is 39.4 Å². The highest BCUT2D eigenvalue weighted by molar-refractivity contribution is 5.95. The van der Waals surface area contributed by atoms with Crippen LogP contribution in [0.3, 0.4) is 0 Å². The molecule has 0 N–H and O–H groups in total. The van der Waals surface area contributed by atoms with Crippen LogP contribution in [0.15, 0.2) is 18.2 Å². The van der Waals surface area contributed by atoms with Gasteiger partial charge in [0.05, 0.1) is 10.5 Å². The van der Waals surface area contributed by atoms with Gasteiger partial charge in [-0.25, -0.2) is 4.79 Å². The number of nitro groups is 1. The number of rotatable bonds is 5. The molecule has 4 aliphatic carbocycles. The van der Waals surface area contributed by atoms with E-state index < -0.39 is 17.0 Å². The maximum atomic E-state index is 13.2. The number of nitro benzene ring substituents is 1. The topological polar surface area (TPSA) is 86.5 Å². The molecule has 0 heterocycles. The van der Waals surface area contributed by atoms with Gasteiger partial charge in [-0.15, -0.1) is 0 Å². The predicted octanol–water partition coefficient (Wildman–Crippen LogP) is 4.23. The van der Waals surface area contributed by atoms with Gasteiger partial charge in [0.25, 0.3) is 5.69 Å². The summed E-state index contributed by atoms with van der Waals surface area (Å²) in [4.78, 5) is 36.3. The van der Waals surface area contributed by atoms with Crippen molar-refractivity contribution < 1.29 is 19.2 Å². The van der Waals surface area contributed by atoms with E-state index in [1.165, 1.54) is 37.5 Å². The lowest BCUT2D eigenvalue weighted by atomic mass is 9.48. The molecule has 6 nitrogen and oxygen atoms in total. The molecule has 1 unspecified atom stereocenters. The summed E-state index contributed by atoms with van der Waals surface area (Å²) in [6.45, 7) is 3.26. The Hall–Kier alpha value is -2.24. The minimum Gasteiger partial charge on any atom is -0.451 e. The zero-order valence-electron chi connectivity index (χ0n) is 15.8. The second kappa shape index (κ2) is 6.43. The number of nitrogens with zero attached hydrogens (tertiary/aromatic N) is 1. The van der Waals surface area contributed by atoms with Crippen LogP contribution in [0, 0.1) is 40.2 Å². The van der Waals surface area contributed by atoms with Crippen LogP contribution in [0.25, 0.3) is 0 Å². The van der Waals surface area contributed by atoms with Crippen LogP contribution in [0.1, 0.15) is 61.4 Å². The van der Waals surface area contributed by atoms with Gasteiger partial charge in [-0.2, -0.15) is 0 Å². The fourth-order valence-electron chi connectivity index (χ4n) is 6.06. The molecule has 5 rings (SSSR count). The van der Waals surface area contributed by atoms with Crippen molar-refractivity contribution in [1.29, 1.82) is 0 Å². The van der Waals surface area contributed by atoms with Gasteiger partial charge in [0, 0.05) is 17.0 Å². The zero-order chi connectivity index (χ0) is 19.3. The first-order valence-electron chi connectivity index (χ1n) is 9.78. The van der Waals surface area contributed by atoms with Gasteiger partial charge in [0.15, 0.2) is 11.9 Å². The molecular weight excluding hydrogens is 346 g/mol. The summed E-state index contributed by atoms with van der Waals surface area (Å²) in [6.07, 6.45) is 5.69. The molecule has 0 amide bonds. The minimum atomic E-state index is -0.825. The van der Waals surface area contributed by atoms with Gasteiger partial charge in [0.1, 0.15) is 0 Å². The summed E-state index contributed by atoms with van der Waals surface area (Å²) >= 11 is 0. The van der Waals surface area contributed by atoms with Crippen LogP contribution < -0.4 is 0 Å². The molecule has 4 aliphatic rings. The average molecular weight is 371 g/mol. The van der Waals surface area contributed by atoms with Crippen molar-refractivity contribution in [2.24, 2.45) is 23.2 Å². The molecule has 0 aromatic heterocycles. The van der Waals surface area contributed by atoms with Crippen molar-refractivity contribution in [3.8, 4) is 0 Å². The van der Waals surface area contributed by atoms with Gasteiger partial charge in [-0.3, -0.25) is 14.9 Å². The number of benzene rings is 1. The summed E-state index contributed by atoms with van der Waals surface area (Å²) in [5.41, 5.74) is 0.143. The standard InChI is InChI=1S/C21H25NO5/c1-12-3-4-17(8-18(12)22(25)26)20(24)27-13(2)19(23)21-9-14-5-15(10-21)7-16(6-14)11-21/h3-4,8,13-16H,5-7,9-11H2,1-2H3. The molecule has 144 valence electrons. The lowest BCUT2D eigenvalue weighted by Crippen LogP contribution is -2.52. The third kappa shape index (κ3) is 3.15. The molecule has 1 aromatic rings. The van der Waals surface area contributed by atoms with E-state index in [0.29, 0.717) is 23.3 Å². The van der Waals surface area contributed by atoms with Crippen molar-refractivity contribution in [2.75, 3.05) is 0 Å². The number of aryl methyl sites for hydroxylation is 1. The number of Topliss-reactive ketones (excluding diaryl/α,β-unsaturated/α-hetero) is 1. The van der Waals surface area contributed by atoms with E-state index >= 15 is 0 Å². The van der Waals surface area contributed by atoms with Crippen LogP contribution in [0.4, 0.5) is 5.69 Å². The van der Waals surface area contributed by atoms with Gasteiger partial charge in [-0.05, 0) is 76.2 Å². The Labute approximate surface area is 158 Å². The molecule has 0 spiro atoms. The number of hydrogen-bond donors (Lipinski definition) is 0. The molecule has 0 aliphatic heterocycles. The van der Waals surface area contributed by atoms with Crippen LogP contribution in [0.5, 0.6) is 0 Å². The first-order valence-corrected chi connectivity index (χ1v) is 9.78. The first kappa shape index (κ1) is 18.1. The van der Waals surface area contributed by atoms with E-state index in [1.54, 1.807) is 13.8 Å². The maximum Gasteiger partial charge on any atom is 0.339 e. The molecule has 1 aromatic carbocycles.